The molecule has 104 valence electrons. The second kappa shape index (κ2) is 5.51. The largest absolute Gasteiger partial charge is 0.481 e. The summed E-state index contributed by atoms with van der Waals surface area (Å²) >= 11 is 0. The fraction of sp³-hybridized carbons (Fsp3) is 0.909. The first-order valence-corrected chi connectivity index (χ1v) is 6.07. The SMILES string of the molecule is CN([N+](=O)NO[C@@H]1CC[C@H](C(=O)O)C1)C(C)(C)C. The van der Waals surface area contributed by atoms with Gasteiger partial charge >= 0.3 is 5.97 Å². The molecule has 7 nitrogen and oxygen atoms in total. The molecule has 0 aromatic heterocycles. The van der Waals surface area contributed by atoms with Crippen molar-refractivity contribution in [3.8, 4) is 0 Å². The molecule has 1 aliphatic rings. The molecule has 0 heterocycles. The Balaban J connectivity index is 2.34. The zero-order valence-electron chi connectivity index (χ0n) is 11.3. The number of nitrogens with one attached hydrogen (secondary N) is 1. The number of rotatable bonds is 5. The molecule has 0 spiro atoms. The van der Waals surface area contributed by atoms with Crippen molar-refractivity contribution in [1.82, 2.24) is 10.6 Å². The third-order valence-corrected chi connectivity index (χ3v) is 3.27. The van der Waals surface area contributed by atoms with Crippen LogP contribution >= 0.6 is 0 Å². The maximum Gasteiger partial charge on any atom is 0.306 e. The summed E-state index contributed by atoms with van der Waals surface area (Å²) in [4.78, 5) is 28.2. The molecule has 2 N–H and O–H groups in total. The molecule has 0 unspecified atom stereocenters. The first-order valence-electron chi connectivity index (χ1n) is 6.07. The van der Waals surface area contributed by atoms with Crippen LogP contribution < -0.4 is 5.59 Å². The molecule has 0 amide bonds. The normalized spacial score (nSPS) is 23.8. The van der Waals surface area contributed by atoms with Gasteiger partial charge in [-0.25, -0.2) is 4.84 Å². The van der Waals surface area contributed by atoms with Gasteiger partial charge in [0, 0.05) is 5.59 Å². The second-order valence-electron chi connectivity index (χ2n) is 5.65. The Morgan fingerprint density at radius 2 is 2.06 bits per heavy atom. The van der Waals surface area contributed by atoms with Crippen molar-refractivity contribution in [2.45, 2.75) is 51.7 Å². The van der Waals surface area contributed by atoms with Gasteiger partial charge in [-0.2, -0.15) is 0 Å². The summed E-state index contributed by atoms with van der Waals surface area (Å²) in [6, 6.07) is 0. The number of carboxylic acids is 1. The van der Waals surface area contributed by atoms with E-state index in [-0.39, 0.29) is 17.6 Å². The van der Waals surface area contributed by atoms with Crippen LogP contribution in [-0.4, -0.2) is 39.8 Å². The molecular weight excluding hydrogens is 238 g/mol. The van der Waals surface area contributed by atoms with Gasteiger partial charge < -0.3 is 5.11 Å². The minimum absolute atomic E-state index is 0.226. The van der Waals surface area contributed by atoms with Gasteiger partial charge in [0.15, 0.2) is 0 Å². The van der Waals surface area contributed by atoms with Gasteiger partial charge in [-0.3, -0.25) is 4.79 Å². The highest BCUT2D eigenvalue weighted by Gasteiger charge is 2.34. The minimum Gasteiger partial charge on any atom is -0.481 e. The van der Waals surface area contributed by atoms with Crippen LogP contribution in [-0.2, 0) is 9.63 Å². The number of nitroso groups, excluding NO2 is 1. The lowest BCUT2D eigenvalue weighted by Gasteiger charge is -2.23. The van der Waals surface area contributed by atoms with Crippen molar-refractivity contribution in [1.29, 1.82) is 0 Å². The van der Waals surface area contributed by atoms with E-state index in [1.165, 1.54) is 5.01 Å². The predicted octanol–water partition coefficient (Wildman–Crippen LogP) is 1.10. The van der Waals surface area contributed by atoms with Gasteiger partial charge in [-0.1, -0.05) is 0 Å². The lowest BCUT2D eigenvalue weighted by molar-refractivity contribution is -0.797. The van der Waals surface area contributed by atoms with Gasteiger partial charge in [0.05, 0.1) is 29.5 Å². The average molecular weight is 260 g/mol. The Morgan fingerprint density at radius 3 is 2.50 bits per heavy atom. The zero-order valence-corrected chi connectivity index (χ0v) is 11.3. The Hall–Kier alpha value is -1.37. The molecule has 1 fully saturated rings. The molecule has 0 aromatic rings. The average Bonchev–Trinajstić information content (AvgIpc) is 2.72. The summed E-state index contributed by atoms with van der Waals surface area (Å²) in [6.07, 6.45) is 1.46. The fourth-order valence-corrected chi connectivity index (χ4v) is 1.72. The maximum atomic E-state index is 11.7. The number of aliphatic carboxylic acids is 1. The standard InChI is InChI=1S/C11H21N3O4/c1-11(2,3)13(4)14(17)12-18-9-6-5-8(7-9)10(15)16/h8-9H,5-7H2,1-4H3,(H-,12,15,16,17)/p+1/t8-,9+/m0/s1. The van der Waals surface area contributed by atoms with Crippen LogP contribution in [0.5, 0.6) is 0 Å². The topological polar surface area (TPSA) is 81.9 Å². The van der Waals surface area contributed by atoms with Gasteiger partial charge in [-0.05, 0) is 40.0 Å². The van der Waals surface area contributed by atoms with Crippen LogP contribution in [0.3, 0.4) is 0 Å². The van der Waals surface area contributed by atoms with E-state index in [2.05, 4.69) is 5.59 Å². The van der Waals surface area contributed by atoms with Gasteiger partial charge in [0.1, 0.15) is 0 Å². The van der Waals surface area contributed by atoms with Crippen LogP contribution in [0.25, 0.3) is 0 Å². The maximum absolute atomic E-state index is 11.7. The summed E-state index contributed by atoms with van der Waals surface area (Å²) in [7, 11) is 1.65. The van der Waals surface area contributed by atoms with E-state index in [1.807, 2.05) is 20.8 Å². The Labute approximate surface area is 107 Å². The van der Waals surface area contributed by atoms with Crippen molar-refractivity contribution in [3.63, 3.8) is 0 Å². The van der Waals surface area contributed by atoms with Gasteiger partial charge in [-0.15, -0.1) is 5.01 Å². The van der Waals surface area contributed by atoms with Crippen LogP contribution in [0.4, 0.5) is 0 Å². The third-order valence-electron chi connectivity index (χ3n) is 3.27. The number of hydrogen-bond acceptors (Lipinski definition) is 3. The van der Waals surface area contributed by atoms with Crippen molar-refractivity contribution in [3.05, 3.63) is 4.91 Å². The molecule has 7 heteroatoms. The molecule has 1 rings (SSSR count). The summed E-state index contributed by atoms with van der Waals surface area (Å²) in [5, 5.41) is 10.3. The van der Waals surface area contributed by atoms with Crippen LogP contribution in [0.1, 0.15) is 40.0 Å². The third kappa shape index (κ3) is 3.83. The molecule has 0 radical (unpaired) electrons. The highest BCUT2D eigenvalue weighted by molar-refractivity contribution is 5.70. The molecule has 0 bridgehead atoms. The van der Waals surface area contributed by atoms with Crippen molar-refractivity contribution in [2.75, 3.05) is 7.05 Å². The lowest BCUT2D eigenvalue weighted by Crippen LogP contribution is -2.50. The summed E-state index contributed by atoms with van der Waals surface area (Å²) in [6.45, 7) is 5.70. The van der Waals surface area contributed by atoms with Gasteiger partial charge in [0.2, 0.25) is 0 Å². The quantitative estimate of drug-likeness (QED) is 0.569. The summed E-state index contributed by atoms with van der Waals surface area (Å²) < 4.78 is 0. The van der Waals surface area contributed by atoms with Gasteiger partial charge in [0.25, 0.3) is 4.98 Å². The van der Waals surface area contributed by atoms with E-state index in [0.717, 1.165) is 0 Å². The second-order valence-corrected chi connectivity index (χ2v) is 5.65. The van der Waals surface area contributed by atoms with E-state index in [0.29, 0.717) is 24.2 Å². The van der Waals surface area contributed by atoms with E-state index in [1.54, 1.807) is 7.05 Å². The monoisotopic (exact) mass is 260 g/mol. The smallest absolute Gasteiger partial charge is 0.306 e. The molecule has 0 saturated heterocycles. The first-order chi connectivity index (χ1) is 8.21. The number of hydrazine groups is 2. The Morgan fingerprint density at radius 1 is 1.44 bits per heavy atom. The van der Waals surface area contributed by atoms with Crippen molar-refractivity contribution in [2.24, 2.45) is 5.92 Å². The highest BCUT2D eigenvalue weighted by Crippen LogP contribution is 2.27. The number of hydrogen-bond donors (Lipinski definition) is 2. The molecule has 18 heavy (non-hydrogen) atoms. The predicted molar refractivity (Wildman–Crippen MR) is 64.1 cm³/mol. The Kier molecular flexibility index (Phi) is 4.50. The Bertz CT molecular complexity index is 327. The number of nitrogens with zero attached hydrogens (tertiary/aromatic N) is 2. The summed E-state index contributed by atoms with van der Waals surface area (Å²) in [5.41, 5.74) is 1.98. The highest BCUT2D eigenvalue weighted by atomic mass is 16.7. The summed E-state index contributed by atoms with van der Waals surface area (Å²) in [5.74, 6) is -1.16. The van der Waals surface area contributed by atoms with E-state index in [9.17, 15) is 9.70 Å². The minimum atomic E-state index is -0.799. The zero-order chi connectivity index (χ0) is 13.9. The molecule has 0 aromatic carbocycles. The molecule has 0 aliphatic heterocycles. The molecule has 1 aliphatic carbocycles. The van der Waals surface area contributed by atoms with E-state index >= 15 is 0 Å². The first kappa shape index (κ1) is 14.7. The lowest BCUT2D eigenvalue weighted by atomic mass is 10.1. The number of carbonyl (C=O) groups is 1. The van der Waals surface area contributed by atoms with Crippen LogP contribution in [0.2, 0.25) is 0 Å². The van der Waals surface area contributed by atoms with Crippen LogP contribution in [0, 0.1) is 10.8 Å². The fourth-order valence-electron chi connectivity index (χ4n) is 1.72. The van der Waals surface area contributed by atoms with E-state index in [4.69, 9.17) is 9.94 Å². The molecule has 1 saturated carbocycles. The van der Waals surface area contributed by atoms with E-state index < -0.39 is 5.97 Å². The number of carboxylic acid groups (broad SMARTS) is 1. The van der Waals surface area contributed by atoms with Crippen LogP contribution in [0.15, 0.2) is 0 Å². The van der Waals surface area contributed by atoms with Crippen molar-refractivity contribution >= 4 is 5.97 Å². The molecule has 2 atom stereocenters. The molecular formula is C11H22N3O4+. The van der Waals surface area contributed by atoms with Crippen molar-refractivity contribution < 1.29 is 19.7 Å².